The maximum Gasteiger partial charge on any atom is 0.335 e. The molecule has 0 spiro atoms. The minimum Gasteiger partial charge on any atom is -0.478 e. The first-order valence-electron chi connectivity index (χ1n) is 6.34. The molecule has 7 heteroatoms. The average molecular weight is 299 g/mol. The predicted molar refractivity (Wildman–Crippen MR) is 72.1 cm³/mol. The van der Waals surface area contributed by atoms with E-state index >= 15 is 0 Å². The van der Waals surface area contributed by atoms with Gasteiger partial charge in [-0.05, 0) is 37.5 Å². The number of rotatable bonds is 4. The molecular weight excluding hydrogens is 282 g/mol. The normalized spacial score (nSPS) is 20.2. The van der Waals surface area contributed by atoms with Crippen molar-refractivity contribution in [2.75, 3.05) is 13.2 Å². The van der Waals surface area contributed by atoms with Gasteiger partial charge in [-0.1, -0.05) is 6.07 Å². The third-order valence-corrected chi connectivity index (χ3v) is 5.53. The molecule has 1 aliphatic rings. The number of hydrogen-bond acceptors (Lipinski definition) is 4. The summed E-state index contributed by atoms with van der Waals surface area (Å²) in [5, 5.41) is 18.3. The molecule has 0 saturated carbocycles. The molecule has 1 heterocycles. The summed E-state index contributed by atoms with van der Waals surface area (Å²) in [5.74, 6) is -1.15. The van der Waals surface area contributed by atoms with E-state index in [1.807, 2.05) is 0 Å². The summed E-state index contributed by atoms with van der Waals surface area (Å²) in [5.41, 5.74) is 0.488. The van der Waals surface area contributed by atoms with Crippen molar-refractivity contribution in [2.45, 2.75) is 30.7 Å². The zero-order valence-corrected chi connectivity index (χ0v) is 11.9. The van der Waals surface area contributed by atoms with Crippen LogP contribution in [-0.2, 0) is 10.0 Å². The van der Waals surface area contributed by atoms with Crippen LogP contribution in [0.2, 0.25) is 0 Å². The molecule has 0 radical (unpaired) electrons. The zero-order chi connectivity index (χ0) is 14.9. The molecule has 6 nitrogen and oxygen atoms in total. The topological polar surface area (TPSA) is 94.9 Å². The van der Waals surface area contributed by atoms with E-state index in [-0.39, 0.29) is 17.1 Å². The molecule has 1 saturated heterocycles. The number of hydrogen-bond donors (Lipinski definition) is 2. The molecule has 0 amide bonds. The van der Waals surface area contributed by atoms with Gasteiger partial charge in [0.05, 0.1) is 17.1 Å². The number of carboxylic acid groups (broad SMARTS) is 1. The summed E-state index contributed by atoms with van der Waals surface area (Å²) >= 11 is 0. The second kappa shape index (κ2) is 5.51. The van der Waals surface area contributed by atoms with E-state index in [0.717, 1.165) is 0 Å². The number of aliphatic hydroxyl groups excluding tert-OH is 1. The molecule has 2 N–H and O–H groups in total. The van der Waals surface area contributed by atoms with Gasteiger partial charge >= 0.3 is 5.97 Å². The molecule has 1 aromatic carbocycles. The van der Waals surface area contributed by atoms with Crippen LogP contribution in [0.1, 0.15) is 28.8 Å². The maximum absolute atomic E-state index is 12.5. The van der Waals surface area contributed by atoms with E-state index in [0.29, 0.717) is 24.9 Å². The number of sulfonamides is 1. The summed E-state index contributed by atoms with van der Waals surface area (Å²) in [4.78, 5) is 11.1. The first-order chi connectivity index (χ1) is 9.37. The summed E-state index contributed by atoms with van der Waals surface area (Å²) in [7, 11) is -3.76. The van der Waals surface area contributed by atoms with Gasteiger partial charge in [0, 0.05) is 12.6 Å². The highest BCUT2D eigenvalue weighted by atomic mass is 32.2. The largest absolute Gasteiger partial charge is 0.478 e. The summed E-state index contributed by atoms with van der Waals surface area (Å²) < 4.78 is 26.3. The van der Waals surface area contributed by atoms with Crippen LogP contribution in [0.15, 0.2) is 23.1 Å². The maximum atomic E-state index is 12.5. The molecule has 1 aromatic rings. The van der Waals surface area contributed by atoms with Crippen molar-refractivity contribution in [2.24, 2.45) is 0 Å². The molecule has 0 unspecified atom stereocenters. The second-order valence-electron chi connectivity index (χ2n) is 4.88. The van der Waals surface area contributed by atoms with Crippen molar-refractivity contribution in [1.82, 2.24) is 4.31 Å². The van der Waals surface area contributed by atoms with Crippen LogP contribution >= 0.6 is 0 Å². The number of carbonyl (C=O) groups is 1. The number of carboxylic acids is 1. The van der Waals surface area contributed by atoms with Gasteiger partial charge in [-0.15, -0.1) is 0 Å². The summed E-state index contributed by atoms with van der Waals surface area (Å²) in [6, 6.07) is 3.65. The van der Waals surface area contributed by atoms with E-state index in [2.05, 4.69) is 0 Å². The first-order valence-corrected chi connectivity index (χ1v) is 7.78. The lowest BCUT2D eigenvalue weighted by Crippen LogP contribution is -2.37. The van der Waals surface area contributed by atoms with Gasteiger partial charge < -0.3 is 10.2 Å². The van der Waals surface area contributed by atoms with Crippen LogP contribution in [0.4, 0.5) is 0 Å². The van der Waals surface area contributed by atoms with Gasteiger partial charge in [-0.2, -0.15) is 4.31 Å². The van der Waals surface area contributed by atoms with Crippen LogP contribution in [0.5, 0.6) is 0 Å². The Morgan fingerprint density at radius 3 is 2.75 bits per heavy atom. The lowest BCUT2D eigenvalue weighted by atomic mass is 10.1. The van der Waals surface area contributed by atoms with Crippen molar-refractivity contribution in [1.29, 1.82) is 0 Å². The van der Waals surface area contributed by atoms with Gasteiger partial charge in [0.15, 0.2) is 0 Å². The van der Waals surface area contributed by atoms with E-state index in [9.17, 15) is 18.3 Å². The monoisotopic (exact) mass is 299 g/mol. The Hall–Kier alpha value is -1.44. The van der Waals surface area contributed by atoms with Gasteiger partial charge in [-0.25, -0.2) is 13.2 Å². The Labute approximate surface area is 117 Å². The number of aryl methyl sites for hydroxylation is 1. The first kappa shape index (κ1) is 15.0. The fraction of sp³-hybridized carbons (Fsp3) is 0.462. The quantitative estimate of drug-likeness (QED) is 0.859. The smallest absolute Gasteiger partial charge is 0.335 e. The fourth-order valence-corrected chi connectivity index (χ4v) is 4.15. The standard InChI is InChI=1S/C13H17NO5S/c1-9-4-5-11(7-12(9)13(16)17)20(18,19)14-6-2-3-10(14)8-15/h4-5,7,10,15H,2-3,6,8H2,1H3,(H,16,17)/t10-/m0/s1. The number of aliphatic hydroxyl groups is 1. The lowest BCUT2D eigenvalue weighted by Gasteiger charge is -2.22. The van der Waals surface area contributed by atoms with Crippen LogP contribution in [0.3, 0.4) is 0 Å². The Balaban J connectivity index is 2.44. The molecule has 2 rings (SSSR count). The van der Waals surface area contributed by atoms with Crippen molar-refractivity contribution in [3.05, 3.63) is 29.3 Å². The molecule has 110 valence electrons. The minimum absolute atomic E-state index is 0.0224. The third-order valence-electron chi connectivity index (χ3n) is 3.58. The predicted octanol–water partition coefficient (Wildman–Crippen LogP) is 0.839. The molecule has 0 bridgehead atoms. The minimum atomic E-state index is -3.76. The number of nitrogens with zero attached hydrogens (tertiary/aromatic N) is 1. The van der Waals surface area contributed by atoms with Crippen LogP contribution in [-0.4, -0.2) is 48.1 Å². The molecular formula is C13H17NO5S. The van der Waals surface area contributed by atoms with Crippen molar-refractivity contribution in [3.8, 4) is 0 Å². The van der Waals surface area contributed by atoms with Gasteiger partial charge in [0.2, 0.25) is 10.0 Å². The van der Waals surface area contributed by atoms with Crippen LogP contribution in [0.25, 0.3) is 0 Å². The Morgan fingerprint density at radius 2 is 2.15 bits per heavy atom. The second-order valence-corrected chi connectivity index (χ2v) is 6.77. The van der Waals surface area contributed by atoms with E-state index < -0.39 is 22.0 Å². The molecule has 20 heavy (non-hydrogen) atoms. The van der Waals surface area contributed by atoms with E-state index in [1.54, 1.807) is 6.92 Å². The van der Waals surface area contributed by atoms with Crippen LogP contribution in [0, 0.1) is 6.92 Å². The number of benzene rings is 1. The summed E-state index contributed by atoms with van der Waals surface area (Å²) in [6.07, 6.45) is 1.31. The van der Waals surface area contributed by atoms with Crippen molar-refractivity contribution >= 4 is 16.0 Å². The van der Waals surface area contributed by atoms with Crippen molar-refractivity contribution < 1.29 is 23.4 Å². The highest BCUT2D eigenvalue weighted by Crippen LogP contribution is 2.27. The molecule has 1 atom stereocenters. The number of aromatic carboxylic acids is 1. The Morgan fingerprint density at radius 1 is 1.45 bits per heavy atom. The lowest BCUT2D eigenvalue weighted by molar-refractivity contribution is 0.0696. The highest BCUT2D eigenvalue weighted by molar-refractivity contribution is 7.89. The zero-order valence-electron chi connectivity index (χ0n) is 11.1. The Kier molecular flexibility index (Phi) is 4.12. The molecule has 1 aliphatic heterocycles. The van der Waals surface area contributed by atoms with Gasteiger partial charge in [-0.3, -0.25) is 0 Å². The average Bonchev–Trinajstić information content (AvgIpc) is 2.87. The van der Waals surface area contributed by atoms with Gasteiger partial charge in [0.25, 0.3) is 0 Å². The molecule has 0 aromatic heterocycles. The van der Waals surface area contributed by atoms with Gasteiger partial charge in [0.1, 0.15) is 0 Å². The molecule has 0 aliphatic carbocycles. The highest BCUT2D eigenvalue weighted by Gasteiger charge is 2.35. The third kappa shape index (κ3) is 2.56. The molecule has 1 fully saturated rings. The summed E-state index contributed by atoms with van der Waals surface area (Å²) in [6.45, 7) is 1.74. The SMILES string of the molecule is Cc1ccc(S(=O)(=O)N2CCC[C@H]2CO)cc1C(=O)O. The fourth-order valence-electron chi connectivity index (χ4n) is 2.44. The van der Waals surface area contributed by atoms with E-state index in [4.69, 9.17) is 5.11 Å². The van der Waals surface area contributed by atoms with Crippen LogP contribution < -0.4 is 0 Å². The van der Waals surface area contributed by atoms with Crippen molar-refractivity contribution in [3.63, 3.8) is 0 Å². The van der Waals surface area contributed by atoms with E-state index in [1.165, 1.54) is 22.5 Å². The Bertz CT molecular complexity index is 626.